The molecule has 0 fully saturated rings. The third-order valence-corrected chi connectivity index (χ3v) is 8.02. The van der Waals surface area contributed by atoms with Crippen LogP contribution in [0.5, 0.6) is 0 Å². The third kappa shape index (κ3) is 53.0. The molecule has 0 aromatic carbocycles. The molecule has 14 heteroatoms. The Balaban J connectivity index is 3.06. The Kier molecular flexibility index (Phi) is 50.1. The molecule has 0 unspecified atom stereocenters. The Morgan fingerprint density at radius 3 is 0.655 bits per heavy atom. The topological polar surface area (TPSA) is 137 Å². The quantitative estimate of drug-likeness (QED) is 0.0539. The number of carbonyl (C=O) groups is 1. The van der Waals surface area contributed by atoms with Crippen LogP contribution >= 0.6 is 0 Å². The average Bonchev–Trinajstić information content (AvgIpc) is 3.18. The van der Waals surface area contributed by atoms with Crippen LogP contribution in [-0.4, -0.2) is 171 Å². The summed E-state index contributed by atoms with van der Waals surface area (Å²) in [7, 11) is 0. The van der Waals surface area contributed by atoms with Gasteiger partial charge in [-0.25, -0.2) is 0 Å². The molecule has 0 amide bonds. The standard InChI is InChI=1S/C41H82O14/c1-3-4-5-6-7-8-9-10-11-12-13-14-15-16-43-17-18-44-19-20-45-21-22-46-23-24-47-25-26-48-27-28-49-29-30-50-31-32-51-33-34-52-35-36-53-37-38-54-39-40-55-41(2)42/h3-40H2,1-2H3. The number of ether oxygens (including phenoxy) is 13. The lowest BCUT2D eigenvalue weighted by atomic mass is 10.0. The van der Waals surface area contributed by atoms with E-state index in [1.807, 2.05) is 0 Å². The van der Waals surface area contributed by atoms with Gasteiger partial charge in [-0.1, -0.05) is 84.0 Å². The molecule has 0 aliphatic carbocycles. The van der Waals surface area contributed by atoms with E-state index >= 15 is 0 Å². The van der Waals surface area contributed by atoms with E-state index in [9.17, 15) is 4.79 Å². The summed E-state index contributed by atoms with van der Waals surface area (Å²) in [6.07, 6.45) is 17.8. The first-order chi connectivity index (χ1) is 27.3. The molecule has 0 aliphatic heterocycles. The van der Waals surface area contributed by atoms with Crippen LogP contribution in [0.4, 0.5) is 0 Å². The van der Waals surface area contributed by atoms with Gasteiger partial charge in [0.1, 0.15) is 6.61 Å². The van der Waals surface area contributed by atoms with Crippen molar-refractivity contribution >= 4 is 5.97 Å². The van der Waals surface area contributed by atoms with Crippen molar-refractivity contribution in [3.05, 3.63) is 0 Å². The number of hydrogen-bond donors (Lipinski definition) is 0. The molecule has 0 radical (unpaired) electrons. The highest BCUT2D eigenvalue weighted by Crippen LogP contribution is 2.12. The van der Waals surface area contributed by atoms with Crippen molar-refractivity contribution in [3.8, 4) is 0 Å². The van der Waals surface area contributed by atoms with Crippen molar-refractivity contribution in [2.45, 2.75) is 97.3 Å². The third-order valence-electron chi connectivity index (χ3n) is 8.02. The summed E-state index contributed by atoms with van der Waals surface area (Å²) in [6.45, 7) is 16.5. The lowest BCUT2D eigenvalue weighted by molar-refractivity contribution is -0.142. The van der Waals surface area contributed by atoms with Crippen LogP contribution in [0.15, 0.2) is 0 Å². The molecule has 0 atom stereocenters. The van der Waals surface area contributed by atoms with E-state index in [4.69, 9.17) is 61.6 Å². The Morgan fingerprint density at radius 1 is 0.255 bits per heavy atom. The average molecular weight is 799 g/mol. The smallest absolute Gasteiger partial charge is 0.302 e. The van der Waals surface area contributed by atoms with Gasteiger partial charge >= 0.3 is 5.97 Å². The SMILES string of the molecule is CCCCCCCCCCCCCCCOCCOCCOCCOCCOCCOCCOCCOCCOCCOCCOCCOCCOC(C)=O. The van der Waals surface area contributed by atoms with Crippen LogP contribution in [0.25, 0.3) is 0 Å². The fourth-order valence-corrected chi connectivity index (χ4v) is 4.99. The summed E-state index contributed by atoms with van der Waals surface area (Å²) >= 11 is 0. The molecule has 0 N–H and O–H groups in total. The van der Waals surface area contributed by atoms with Gasteiger partial charge in [-0.15, -0.1) is 0 Å². The second-order valence-electron chi connectivity index (χ2n) is 12.9. The Hall–Kier alpha value is -1.01. The number of unbranched alkanes of at least 4 members (excludes halogenated alkanes) is 12. The predicted octanol–water partition coefficient (Wildman–Crippen LogP) is 5.84. The van der Waals surface area contributed by atoms with Crippen LogP contribution in [0, 0.1) is 0 Å². The first-order valence-corrected chi connectivity index (χ1v) is 21.3. The van der Waals surface area contributed by atoms with E-state index in [0.29, 0.717) is 152 Å². The van der Waals surface area contributed by atoms with Crippen LogP contribution in [0.2, 0.25) is 0 Å². The minimum Gasteiger partial charge on any atom is -0.463 e. The molecule has 0 aliphatic rings. The minimum absolute atomic E-state index is 0.259. The summed E-state index contributed by atoms with van der Waals surface area (Å²) in [4.78, 5) is 10.6. The summed E-state index contributed by atoms with van der Waals surface area (Å²) in [5.74, 6) is -0.310. The fourth-order valence-electron chi connectivity index (χ4n) is 4.99. The molecule has 0 rings (SSSR count). The van der Waals surface area contributed by atoms with Gasteiger partial charge in [0.05, 0.1) is 152 Å². The molecule has 0 saturated carbocycles. The highest BCUT2D eigenvalue weighted by atomic mass is 16.6. The van der Waals surface area contributed by atoms with Gasteiger partial charge in [-0.2, -0.15) is 0 Å². The fraction of sp³-hybridized carbons (Fsp3) is 0.976. The zero-order valence-corrected chi connectivity index (χ0v) is 35.1. The Morgan fingerprint density at radius 2 is 0.436 bits per heavy atom. The molecule has 330 valence electrons. The zero-order chi connectivity index (χ0) is 39.6. The highest BCUT2D eigenvalue weighted by Gasteiger charge is 1.98. The molecule has 0 bridgehead atoms. The first kappa shape index (κ1) is 54.0. The normalized spacial score (nSPS) is 11.5. The van der Waals surface area contributed by atoms with E-state index in [1.54, 1.807) is 0 Å². The van der Waals surface area contributed by atoms with Crippen molar-refractivity contribution < 1.29 is 66.4 Å². The first-order valence-electron chi connectivity index (χ1n) is 21.3. The van der Waals surface area contributed by atoms with Crippen LogP contribution in [0.1, 0.15) is 97.3 Å². The van der Waals surface area contributed by atoms with Crippen LogP contribution in [-0.2, 0) is 66.4 Å². The van der Waals surface area contributed by atoms with E-state index in [1.165, 1.54) is 84.0 Å². The maximum Gasteiger partial charge on any atom is 0.302 e. The summed E-state index contributed by atoms with van der Waals surface area (Å²) in [6, 6.07) is 0. The van der Waals surface area contributed by atoms with Crippen molar-refractivity contribution in [2.24, 2.45) is 0 Å². The van der Waals surface area contributed by atoms with E-state index in [0.717, 1.165) is 13.0 Å². The van der Waals surface area contributed by atoms with Gasteiger partial charge in [0, 0.05) is 13.5 Å². The molecule has 0 spiro atoms. The zero-order valence-electron chi connectivity index (χ0n) is 35.1. The van der Waals surface area contributed by atoms with E-state index in [-0.39, 0.29) is 12.6 Å². The van der Waals surface area contributed by atoms with Crippen molar-refractivity contribution in [1.82, 2.24) is 0 Å². The van der Waals surface area contributed by atoms with Gasteiger partial charge in [-0.3, -0.25) is 4.79 Å². The second-order valence-corrected chi connectivity index (χ2v) is 12.9. The maximum atomic E-state index is 10.6. The molecule has 0 saturated heterocycles. The predicted molar refractivity (Wildman–Crippen MR) is 212 cm³/mol. The summed E-state index contributed by atoms with van der Waals surface area (Å²) in [5, 5.41) is 0. The molecule has 0 heterocycles. The monoisotopic (exact) mass is 799 g/mol. The van der Waals surface area contributed by atoms with Crippen molar-refractivity contribution in [1.29, 1.82) is 0 Å². The molecule has 0 aromatic heterocycles. The van der Waals surface area contributed by atoms with Gasteiger partial charge < -0.3 is 61.6 Å². The minimum atomic E-state index is -0.310. The molecule has 0 aromatic rings. The van der Waals surface area contributed by atoms with Gasteiger partial charge in [0.25, 0.3) is 0 Å². The Labute approximate surface area is 334 Å². The second kappa shape index (κ2) is 51.0. The molecule has 55 heavy (non-hydrogen) atoms. The van der Waals surface area contributed by atoms with Crippen molar-refractivity contribution in [3.63, 3.8) is 0 Å². The summed E-state index contributed by atoms with van der Waals surface area (Å²) in [5.41, 5.74) is 0. The van der Waals surface area contributed by atoms with Crippen LogP contribution < -0.4 is 0 Å². The number of esters is 1. The summed E-state index contributed by atoms with van der Waals surface area (Å²) < 4.78 is 70.6. The number of carbonyl (C=O) groups excluding carboxylic acids is 1. The number of rotatable bonds is 50. The maximum absolute atomic E-state index is 10.6. The number of hydrogen-bond acceptors (Lipinski definition) is 14. The van der Waals surface area contributed by atoms with Gasteiger partial charge in [-0.05, 0) is 6.42 Å². The van der Waals surface area contributed by atoms with Crippen LogP contribution in [0.3, 0.4) is 0 Å². The molecular formula is C41H82O14. The lowest BCUT2D eigenvalue weighted by Gasteiger charge is -2.09. The van der Waals surface area contributed by atoms with Crippen molar-refractivity contribution in [2.75, 3.05) is 165 Å². The van der Waals surface area contributed by atoms with E-state index in [2.05, 4.69) is 6.92 Å². The molecular weight excluding hydrogens is 716 g/mol. The van der Waals surface area contributed by atoms with Gasteiger partial charge in [0.2, 0.25) is 0 Å². The highest BCUT2D eigenvalue weighted by molar-refractivity contribution is 5.65. The van der Waals surface area contributed by atoms with Gasteiger partial charge in [0.15, 0.2) is 0 Å². The lowest BCUT2D eigenvalue weighted by Crippen LogP contribution is -2.15. The largest absolute Gasteiger partial charge is 0.463 e. The Bertz CT molecular complexity index is 706. The van der Waals surface area contributed by atoms with E-state index < -0.39 is 0 Å². The molecule has 14 nitrogen and oxygen atoms in total.